The fourth-order valence-corrected chi connectivity index (χ4v) is 3.38. The molecular weight excluding hydrogens is 302 g/mol. The number of benzene rings is 2. The Morgan fingerprint density at radius 1 is 0.840 bits per heavy atom. The van der Waals surface area contributed by atoms with Gasteiger partial charge in [0.1, 0.15) is 7.05 Å². The normalized spacial score (nSPS) is 14.4. The number of pyridine rings is 1. The molecule has 0 aliphatic rings. The van der Waals surface area contributed by atoms with Crippen molar-refractivity contribution >= 4 is 0 Å². The minimum absolute atomic E-state index is 0.379. The lowest BCUT2D eigenvalue weighted by atomic mass is 9.92. The largest absolute Gasteiger partial charge is 0.212 e. The second-order valence-electron chi connectivity index (χ2n) is 6.45. The zero-order valence-corrected chi connectivity index (χ0v) is 15.6. The summed E-state index contributed by atoms with van der Waals surface area (Å²) in [7, 11) is 1.89. The molecule has 0 atom stereocenters. The van der Waals surface area contributed by atoms with Crippen molar-refractivity contribution in [3.05, 3.63) is 77.0 Å². The van der Waals surface area contributed by atoms with Crippen molar-refractivity contribution in [1.29, 1.82) is 0 Å². The van der Waals surface area contributed by atoms with Crippen LogP contribution in [0.4, 0.5) is 0 Å². The van der Waals surface area contributed by atoms with Gasteiger partial charge in [0.25, 0.3) is 0 Å². The number of aromatic nitrogens is 1. The summed E-state index contributed by atoms with van der Waals surface area (Å²) in [5.74, 6) is 0. The zero-order chi connectivity index (χ0) is 21.6. The Labute approximate surface area is 157 Å². The zero-order valence-electron chi connectivity index (χ0n) is 19.6. The van der Waals surface area contributed by atoms with Crippen molar-refractivity contribution in [3.8, 4) is 22.4 Å². The Morgan fingerprint density at radius 3 is 2.12 bits per heavy atom. The molecule has 1 aromatic heterocycles. The van der Waals surface area contributed by atoms with E-state index in [1.807, 2.05) is 35.9 Å². The standard InChI is InChI=1S/C24H28N/c1-6-19-14-24(25(5)16-20(19)7-2)23-15-22(17(3)13-18(23)4)21-11-9-8-10-12-21/h8-16H,6-7H2,1-5H3/q+1/i6D2,7D2. The number of nitrogens with zero attached hydrogens (tertiary/aromatic N) is 1. The molecule has 0 N–H and O–H groups in total. The van der Waals surface area contributed by atoms with Crippen LogP contribution in [0.5, 0.6) is 0 Å². The van der Waals surface area contributed by atoms with Gasteiger partial charge in [-0.2, -0.15) is 0 Å². The highest BCUT2D eigenvalue weighted by Crippen LogP contribution is 2.31. The highest BCUT2D eigenvalue weighted by Gasteiger charge is 2.18. The first-order valence-corrected chi connectivity index (χ1v) is 8.61. The maximum Gasteiger partial charge on any atom is 0.212 e. The second-order valence-corrected chi connectivity index (χ2v) is 6.45. The fourth-order valence-electron chi connectivity index (χ4n) is 3.38. The minimum Gasteiger partial charge on any atom is -0.201 e. The first-order chi connectivity index (χ1) is 13.4. The smallest absolute Gasteiger partial charge is 0.201 e. The lowest BCUT2D eigenvalue weighted by Gasteiger charge is -2.13. The van der Waals surface area contributed by atoms with Crippen LogP contribution in [0, 0.1) is 13.8 Å². The highest BCUT2D eigenvalue weighted by atomic mass is 14.9. The van der Waals surface area contributed by atoms with Crippen LogP contribution in [0.3, 0.4) is 0 Å². The summed E-state index contributed by atoms with van der Waals surface area (Å²) in [5, 5.41) is 0. The van der Waals surface area contributed by atoms with Crippen LogP contribution in [-0.2, 0) is 19.8 Å². The predicted octanol–water partition coefficient (Wildman–Crippen LogP) is 5.59. The summed E-state index contributed by atoms with van der Waals surface area (Å²) in [4.78, 5) is 0. The van der Waals surface area contributed by atoms with E-state index in [1.54, 1.807) is 6.20 Å². The van der Waals surface area contributed by atoms with Crippen molar-refractivity contribution in [3.63, 3.8) is 0 Å². The molecule has 0 amide bonds. The van der Waals surface area contributed by atoms with Crippen LogP contribution in [-0.4, -0.2) is 0 Å². The Balaban J connectivity index is 2.29. The number of hydrogen-bond donors (Lipinski definition) is 0. The molecule has 25 heavy (non-hydrogen) atoms. The van der Waals surface area contributed by atoms with Crippen molar-refractivity contribution in [2.45, 2.75) is 40.4 Å². The van der Waals surface area contributed by atoms with E-state index >= 15 is 0 Å². The second kappa shape index (κ2) is 7.23. The lowest BCUT2D eigenvalue weighted by Crippen LogP contribution is -2.32. The van der Waals surface area contributed by atoms with E-state index in [4.69, 9.17) is 5.48 Å². The predicted molar refractivity (Wildman–Crippen MR) is 107 cm³/mol. The molecule has 0 bridgehead atoms. The van der Waals surface area contributed by atoms with Gasteiger partial charge in [0, 0.05) is 22.7 Å². The molecule has 128 valence electrons. The maximum absolute atomic E-state index is 8.28. The van der Waals surface area contributed by atoms with E-state index < -0.39 is 12.7 Å². The molecule has 2 aromatic carbocycles. The van der Waals surface area contributed by atoms with Crippen LogP contribution in [0.1, 0.15) is 41.6 Å². The summed E-state index contributed by atoms with van der Waals surface area (Å²) < 4.78 is 34.8. The highest BCUT2D eigenvalue weighted by molar-refractivity contribution is 5.75. The third-order valence-electron chi connectivity index (χ3n) is 4.74. The lowest BCUT2D eigenvalue weighted by molar-refractivity contribution is -0.660. The van der Waals surface area contributed by atoms with Gasteiger partial charge in [-0.15, -0.1) is 0 Å². The molecule has 3 rings (SSSR count). The summed E-state index contributed by atoms with van der Waals surface area (Å²) in [6.07, 6.45) is -1.55. The van der Waals surface area contributed by atoms with Crippen molar-refractivity contribution in [2.75, 3.05) is 0 Å². The summed E-state index contributed by atoms with van der Waals surface area (Å²) in [6, 6.07) is 16.4. The van der Waals surface area contributed by atoms with Crippen LogP contribution in [0.25, 0.3) is 22.4 Å². The molecule has 1 heterocycles. The van der Waals surface area contributed by atoms with E-state index in [0.29, 0.717) is 11.1 Å². The Bertz CT molecular complexity index is 1050. The quantitative estimate of drug-likeness (QED) is 0.548. The van der Waals surface area contributed by atoms with Crippen LogP contribution in [0.15, 0.2) is 54.7 Å². The van der Waals surface area contributed by atoms with E-state index in [-0.39, 0.29) is 0 Å². The molecule has 0 saturated carbocycles. The van der Waals surface area contributed by atoms with Crippen LogP contribution < -0.4 is 4.57 Å². The van der Waals surface area contributed by atoms with Crippen molar-refractivity contribution in [1.82, 2.24) is 0 Å². The topological polar surface area (TPSA) is 3.88 Å². The Morgan fingerprint density at radius 2 is 1.48 bits per heavy atom. The SMILES string of the molecule is [2H]C([2H])(C)c1cc(-c2cc(-c3ccccc3)c(C)cc2C)[n+](C)cc1C([2H])([2H])C. The molecule has 0 aliphatic carbocycles. The fraction of sp³-hybridized carbons (Fsp3) is 0.292. The van der Waals surface area contributed by atoms with Gasteiger partial charge < -0.3 is 0 Å². The third kappa shape index (κ3) is 3.37. The molecule has 0 aliphatic heterocycles. The molecule has 3 aromatic rings. The van der Waals surface area contributed by atoms with Gasteiger partial charge in [-0.25, -0.2) is 4.57 Å². The maximum atomic E-state index is 8.28. The average Bonchev–Trinajstić information content (AvgIpc) is 2.61. The first-order valence-electron chi connectivity index (χ1n) is 10.6. The van der Waals surface area contributed by atoms with E-state index in [9.17, 15) is 0 Å². The van der Waals surface area contributed by atoms with Crippen LogP contribution >= 0.6 is 0 Å². The molecule has 1 heteroatoms. The van der Waals surface area contributed by atoms with Gasteiger partial charge in [-0.1, -0.05) is 50.2 Å². The van der Waals surface area contributed by atoms with Gasteiger partial charge in [0.05, 0.1) is 0 Å². The molecule has 0 radical (unpaired) electrons. The number of hydrogen-bond acceptors (Lipinski definition) is 0. The third-order valence-corrected chi connectivity index (χ3v) is 4.74. The molecule has 1 nitrogen and oxygen atoms in total. The van der Waals surface area contributed by atoms with Crippen molar-refractivity contribution in [2.24, 2.45) is 7.05 Å². The molecular formula is C24H28N+. The van der Waals surface area contributed by atoms with Gasteiger partial charge in [-0.3, -0.25) is 0 Å². The van der Waals surface area contributed by atoms with Gasteiger partial charge in [-0.05, 0) is 60.5 Å². The number of aryl methyl sites for hydroxylation is 5. The summed E-state index contributed by atoms with van der Waals surface area (Å²) >= 11 is 0. The molecule has 0 saturated heterocycles. The van der Waals surface area contributed by atoms with Gasteiger partial charge in [0.2, 0.25) is 5.69 Å². The minimum atomic E-state index is -1.65. The van der Waals surface area contributed by atoms with Crippen molar-refractivity contribution < 1.29 is 10.1 Å². The monoisotopic (exact) mass is 334 g/mol. The van der Waals surface area contributed by atoms with E-state index in [0.717, 1.165) is 27.9 Å². The van der Waals surface area contributed by atoms with Gasteiger partial charge >= 0.3 is 0 Å². The molecule has 0 unspecified atom stereocenters. The van der Waals surface area contributed by atoms with E-state index in [1.165, 1.54) is 19.4 Å². The molecule has 0 spiro atoms. The molecule has 0 fully saturated rings. The average molecular weight is 335 g/mol. The Hall–Kier alpha value is -2.41. The van der Waals surface area contributed by atoms with E-state index in [2.05, 4.69) is 38.1 Å². The van der Waals surface area contributed by atoms with Crippen LogP contribution in [0.2, 0.25) is 0 Å². The number of rotatable bonds is 4. The summed E-state index contributed by atoms with van der Waals surface area (Å²) in [5.41, 5.74) is 7.23. The first kappa shape index (κ1) is 12.9. The summed E-state index contributed by atoms with van der Waals surface area (Å²) in [6.45, 7) is 7.12. The van der Waals surface area contributed by atoms with Gasteiger partial charge in [0.15, 0.2) is 6.20 Å². The Kier molecular flexibility index (Phi) is 3.72.